The molecule has 0 nitrogen and oxygen atoms in total. The van der Waals surface area contributed by atoms with Crippen LogP contribution in [0.4, 0.5) is 0 Å². The lowest BCUT2D eigenvalue weighted by Gasteiger charge is -2.26. The molecular formula is C25H27Br. The van der Waals surface area contributed by atoms with Gasteiger partial charge in [0.15, 0.2) is 0 Å². The molecule has 5 rings (SSSR count). The highest BCUT2D eigenvalue weighted by Gasteiger charge is 2.22. The zero-order valence-electron chi connectivity index (χ0n) is 15.4. The van der Waals surface area contributed by atoms with Crippen molar-refractivity contribution in [2.24, 2.45) is 5.92 Å². The van der Waals surface area contributed by atoms with Crippen LogP contribution in [-0.2, 0) is 12.8 Å². The quantitative estimate of drug-likeness (QED) is 0.299. The van der Waals surface area contributed by atoms with E-state index >= 15 is 0 Å². The van der Waals surface area contributed by atoms with E-state index in [9.17, 15) is 0 Å². The van der Waals surface area contributed by atoms with Crippen LogP contribution in [0.25, 0.3) is 21.5 Å². The summed E-state index contributed by atoms with van der Waals surface area (Å²) in [6.07, 6.45) is 12.2. The van der Waals surface area contributed by atoms with E-state index in [0.29, 0.717) is 4.83 Å². The number of halogens is 1. The average molecular weight is 407 g/mol. The average Bonchev–Trinajstić information content (AvgIpc) is 2.69. The van der Waals surface area contributed by atoms with E-state index in [1.165, 1.54) is 79.3 Å². The molecule has 1 saturated carbocycles. The Morgan fingerprint density at radius 1 is 0.769 bits per heavy atom. The lowest BCUT2D eigenvalue weighted by atomic mass is 9.81. The Morgan fingerprint density at radius 3 is 2.38 bits per heavy atom. The van der Waals surface area contributed by atoms with Gasteiger partial charge < -0.3 is 0 Å². The Labute approximate surface area is 165 Å². The van der Waals surface area contributed by atoms with Crippen LogP contribution >= 0.6 is 15.9 Å². The zero-order valence-corrected chi connectivity index (χ0v) is 17.0. The van der Waals surface area contributed by atoms with Crippen molar-refractivity contribution in [2.45, 2.75) is 62.6 Å². The van der Waals surface area contributed by atoms with E-state index in [0.717, 1.165) is 5.92 Å². The van der Waals surface area contributed by atoms with E-state index in [2.05, 4.69) is 58.4 Å². The molecule has 0 bridgehead atoms. The molecule has 0 saturated heterocycles. The molecule has 0 amide bonds. The summed E-state index contributed by atoms with van der Waals surface area (Å²) in [4.78, 5) is 0.513. The molecule has 134 valence electrons. The second-order valence-electron chi connectivity index (χ2n) is 8.38. The zero-order chi connectivity index (χ0) is 17.5. The standard InChI is InChI=1S/C25H27Br/c26-24-12-6-9-18-13-14-22-21-11-5-4-10-20(21)19(16-23(22)25(18)24)15-17-7-2-1-3-8-17/h4-5,10-11,13-14,16-17,24H,1-3,6-9,12,15H2. The number of benzene rings is 3. The second-order valence-corrected chi connectivity index (χ2v) is 9.49. The monoisotopic (exact) mass is 406 g/mol. The Balaban J connectivity index is 1.73. The molecule has 0 N–H and O–H groups in total. The molecule has 26 heavy (non-hydrogen) atoms. The molecule has 1 fully saturated rings. The van der Waals surface area contributed by atoms with Crippen molar-refractivity contribution in [3.05, 3.63) is 59.2 Å². The number of hydrogen-bond donors (Lipinski definition) is 0. The molecule has 2 aliphatic carbocycles. The molecule has 3 aromatic rings. The van der Waals surface area contributed by atoms with Crippen molar-refractivity contribution >= 4 is 37.5 Å². The summed E-state index contributed by atoms with van der Waals surface area (Å²) in [5.41, 5.74) is 4.72. The van der Waals surface area contributed by atoms with Gasteiger partial charge in [0.25, 0.3) is 0 Å². The van der Waals surface area contributed by atoms with Gasteiger partial charge in [-0.05, 0) is 69.8 Å². The van der Waals surface area contributed by atoms with Gasteiger partial charge in [0.05, 0.1) is 0 Å². The van der Waals surface area contributed by atoms with Gasteiger partial charge in [0.1, 0.15) is 0 Å². The Bertz CT molecular complexity index is 949. The van der Waals surface area contributed by atoms with Crippen LogP contribution in [0.5, 0.6) is 0 Å². The topological polar surface area (TPSA) is 0 Å². The molecule has 0 radical (unpaired) electrons. The first kappa shape index (κ1) is 16.8. The lowest BCUT2D eigenvalue weighted by molar-refractivity contribution is 0.357. The van der Waals surface area contributed by atoms with Crippen molar-refractivity contribution < 1.29 is 0 Å². The fourth-order valence-corrected chi connectivity index (χ4v) is 6.26. The Morgan fingerprint density at radius 2 is 1.54 bits per heavy atom. The SMILES string of the molecule is BrC1CCCc2ccc3c(cc(CC4CCCCC4)c4ccccc43)c21. The van der Waals surface area contributed by atoms with E-state index < -0.39 is 0 Å². The third-order valence-corrected chi connectivity index (χ3v) is 7.63. The molecule has 2 aliphatic rings. The second kappa shape index (κ2) is 7.00. The number of rotatable bonds is 2. The van der Waals surface area contributed by atoms with Crippen LogP contribution in [0.15, 0.2) is 42.5 Å². The van der Waals surface area contributed by atoms with E-state index in [4.69, 9.17) is 0 Å². The predicted molar refractivity (Wildman–Crippen MR) is 116 cm³/mol. The number of fused-ring (bicyclic) bond motifs is 5. The van der Waals surface area contributed by atoms with Gasteiger partial charge in [-0.15, -0.1) is 0 Å². The normalized spacial score (nSPS) is 21.2. The summed E-state index contributed by atoms with van der Waals surface area (Å²) in [6, 6.07) is 16.4. The minimum absolute atomic E-state index is 0.513. The third-order valence-electron chi connectivity index (χ3n) is 6.71. The molecule has 0 aliphatic heterocycles. The van der Waals surface area contributed by atoms with Gasteiger partial charge in [0.2, 0.25) is 0 Å². The van der Waals surface area contributed by atoms with Gasteiger partial charge >= 0.3 is 0 Å². The molecule has 0 aromatic heterocycles. The smallest absolute Gasteiger partial charge is 0.0404 e. The summed E-state index contributed by atoms with van der Waals surface area (Å²) in [7, 11) is 0. The summed E-state index contributed by atoms with van der Waals surface area (Å²) in [6.45, 7) is 0. The van der Waals surface area contributed by atoms with Gasteiger partial charge in [-0.1, -0.05) is 90.5 Å². The molecule has 3 aromatic carbocycles. The maximum Gasteiger partial charge on any atom is 0.0404 e. The van der Waals surface area contributed by atoms with Gasteiger partial charge in [-0.3, -0.25) is 0 Å². The Hall–Kier alpha value is -1.34. The first-order valence-electron chi connectivity index (χ1n) is 10.4. The van der Waals surface area contributed by atoms with Gasteiger partial charge in [-0.25, -0.2) is 0 Å². The highest BCUT2D eigenvalue weighted by Crippen LogP contribution is 2.43. The molecule has 0 spiro atoms. The number of hydrogen-bond acceptors (Lipinski definition) is 0. The van der Waals surface area contributed by atoms with Crippen molar-refractivity contribution in [1.82, 2.24) is 0 Å². The van der Waals surface area contributed by atoms with Crippen molar-refractivity contribution in [3.63, 3.8) is 0 Å². The van der Waals surface area contributed by atoms with Crippen LogP contribution in [0.2, 0.25) is 0 Å². The molecule has 1 atom stereocenters. The predicted octanol–water partition coefficient (Wildman–Crippen LogP) is 7.89. The van der Waals surface area contributed by atoms with Crippen molar-refractivity contribution in [1.29, 1.82) is 0 Å². The maximum atomic E-state index is 4.00. The first-order chi connectivity index (χ1) is 12.8. The first-order valence-corrected chi connectivity index (χ1v) is 11.3. The minimum Gasteiger partial charge on any atom is -0.0838 e. The van der Waals surface area contributed by atoms with Crippen LogP contribution in [0.3, 0.4) is 0 Å². The van der Waals surface area contributed by atoms with Crippen LogP contribution in [0.1, 0.15) is 66.5 Å². The summed E-state index contributed by atoms with van der Waals surface area (Å²) >= 11 is 4.00. The van der Waals surface area contributed by atoms with Crippen LogP contribution in [-0.4, -0.2) is 0 Å². The molecule has 1 unspecified atom stereocenters. The third kappa shape index (κ3) is 2.89. The summed E-state index contributed by atoms with van der Waals surface area (Å²) < 4.78 is 0. The minimum atomic E-state index is 0.513. The van der Waals surface area contributed by atoms with Crippen LogP contribution in [0, 0.1) is 5.92 Å². The van der Waals surface area contributed by atoms with Gasteiger partial charge in [-0.2, -0.15) is 0 Å². The summed E-state index contributed by atoms with van der Waals surface area (Å²) in [5.74, 6) is 0.879. The number of aryl methyl sites for hydroxylation is 1. The largest absolute Gasteiger partial charge is 0.0838 e. The molecule has 0 heterocycles. The highest BCUT2D eigenvalue weighted by atomic mass is 79.9. The fourth-order valence-electron chi connectivity index (χ4n) is 5.40. The maximum absolute atomic E-state index is 4.00. The van der Waals surface area contributed by atoms with E-state index in [1.807, 2.05) is 0 Å². The molecular weight excluding hydrogens is 380 g/mol. The van der Waals surface area contributed by atoms with Crippen molar-refractivity contribution in [3.8, 4) is 0 Å². The lowest BCUT2D eigenvalue weighted by Crippen LogP contribution is -2.10. The van der Waals surface area contributed by atoms with Gasteiger partial charge in [0, 0.05) is 4.83 Å². The van der Waals surface area contributed by atoms with E-state index in [-0.39, 0.29) is 0 Å². The molecule has 1 heteroatoms. The number of alkyl halides is 1. The van der Waals surface area contributed by atoms with E-state index in [1.54, 1.807) is 16.7 Å². The summed E-state index contributed by atoms with van der Waals surface area (Å²) in [5, 5.41) is 5.88. The van der Waals surface area contributed by atoms with Crippen LogP contribution < -0.4 is 0 Å². The Kier molecular flexibility index (Phi) is 4.52. The fraction of sp³-hybridized carbons (Fsp3) is 0.440. The highest BCUT2D eigenvalue weighted by molar-refractivity contribution is 9.09. The van der Waals surface area contributed by atoms with Crippen molar-refractivity contribution in [2.75, 3.05) is 0 Å².